The predicted octanol–water partition coefficient (Wildman–Crippen LogP) is 16.4. The molecular formula is C62H37BN2O2S2. The zero-order chi connectivity index (χ0) is 45.2. The summed E-state index contributed by atoms with van der Waals surface area (Å²) in [6.07, 6.45) is 0. The summed E-state index contributed by atoms with van der Waals surface area (Å²) in [6, 6.07) is 81.3. The van der Waals surface area contributed by atoms with Crippen molar-refractivity contribution >= 4 is 142 Å². The molecule has 0 aliphatic carbocycles. The second kappa shape index (κ2) is 15.1. The van der Waals surface area contributed by atoms with Crippen LogP contribution in [0.25, 0.3) is 61.9 Å². The lowest BCUT2D eigenvalue weighted by atomic mass is 9.35. The van der Waals surface area contributed by atoms with Gasteiger partial charge in [-0.3, -0.25) is 0 Å². The van der Waals surface area contributed by atoms with Crippen molar-refractivity contribution in [3.63, 3.8) is 0 Å². The van der Waals surface area contributed by atoms with Crippen LogP contribution in [0.3, 0.4) is 0 Å². The summed E-state index contributed by atoms with van der Waals surface area (Å²) < 4.78 is 18.7. The van der Waals surface area contributed by atoms with E-state index in [0.29, 0.717) is 0 Å². The van der Waals surface area contributed by atoms with Crippen LogP contribution in [-0.2, 0) is 0 Å². The van der Waals surface area contributed by atoms with Crippen molar-refractivity contribution in [1.82, 2.24) is 0 Å². The van der Waals surface area contributed by atoms with Crippen LogP contribution in [0.1, 0.15) is 0 Å². The number of para-hydroxylation sites is 2. The van der Waals surface area contributed by atoms with E-state index < -0.39 is 0 Å². The fourth-order valence-electron chi connectivity index (χ4n) is 10.9. The quantitative estimate of drug-likeness (QED) is 0.155. The van der Waals surface area contributed by atoms with Gasteiger partial charge in [-0.15, -0.1) is 22.7 Å². The molecule has 0 bridgehead atoms. The van der Waals surface area contributed by atoms with Crippen LogP contribution in [0.2, 0.25) is 0 Å². The first kappa shape index (κ1) is 38.7. The van der Waals surface area contributed by atoms with E-state index in [1.54, 1.807) is 0 Å². The maximum atomic E-state index is 6.86. The maximum absolute atomic E-state index is 6.86. The number of ether oxygens (including phenoxy) is 2. The lowest BCUT2D eigenvalue weighted by molar-refractivity contribution is 0.465. The van der Waals surface area contributed by atoms with Crippen molar-refractivity contribution in [1.29, 1.82) is 0 Å². The van der Waals surface area contributed by atoms with Gasteiger partial charge in [-0.1, -0.05) is 115 Å². The van der Waals surface area contributed by atoms with E-state index in [1.165, 1.54) is 61.9 Å². The van der Waals surface area contributed by atoms with E-state index in [2.05, 4.69) is 228 Å². The Morgan fingerprint density at radius 3 is 1.17 bits per heavy atom. The molecule has 15 rings (SSSR count). The Morgan fingerprint density at radius 1 is 0.290 bits per heavy atom. The van der Waals surface area contributed by atoms with Gasteiger partial charge in [-0.25, -0.2) is 0 Å². The van der Waals surface area contributed by atoms with Crippen molar-refractivity contribution in [2.45, 2.75) is 0 Å². The molecule has 2 aliphatic rings. The molecule has 11 aromatic carbocycles. The largest absolute Gasteiger partial charge is 0.458 e. The van der Waals surface area contributed by atoms with Gasteiger partial charge in [0.1, 0.15) is 23.0 Å². The molecule has 4 nitrogen and oxygen atoms in total. The minimum Gasteiger partial charge on any atom is -0.458 e. The number of hydrogen-bond donors (Lipinski definition) is 0. The van der Waals surface area contributed by atoms with Gasteiger partial charge in [0.15, 0.2) is 0 Å². The second-order valence-electron chi connectivity index (χ2n) is 18.0. The molecule has 0 fully saturated rings. The lowest BCUT2D eigenvalue weighted by Gasteiger charge is -2.33. The SMILES string of the molecule is c1ccc(N(c2ccc3ccccc3c2)c2ccc3c(c2)sc2cc4c(cc23)Oc2cccc3c2B4c2cc4sc5cc(N(c6ccccc6)c6ccc7ccccc7c6)ccc5c4cc2O3)cc1. The van der Waals surface area contributed by atoms with Crippen molar-refractivity contribution in [3.8, 4) is 23.0 Å². The van der Waals surface area contributed by atoms with E-state index in [1.807, 2.05) is 28.7 Å². The first-order valence-electron chi connectivity index (χ1n) is 23.3. The molecule has 7 heteroatoms. The Morgan fingerprint density at radius 2 is 0.696 bits per heavy atom. The van der Waals surface area contributed by atoms with E-state index in [9.17, 15) is 0 Å². The number of benzene rings is 11. The molecule has 0 atom stereocenters. The molecule has 4 heterocycles. The third-order valence-corrected chi connectivity index (χ3v) is 16.3. The minimum atomic E-state index is -0.0537. The third-order valence-electron chi connectivity index (χ3n) is 14.1. The van der Waals surface area contributed by atoms with E-state index >= 15 is 0 Å². The molecule has 0 saturated heterocycles. The molecule has 13 aromatic rings. The highest BCUT2D eigenvalue weighted by molar-refractivity contribution is 7.26. The van der Waals surface area contributed by atoms with E-state index in [4.69, 9.17) is 9.47 Å². The number of anilines is 6. The smallest absolute Gasteiger partial charge is 0.260 e. The molecule has 2 aliphatic heterocycles. The molecule has 0 spiro atoms. The molecular weight excluding hydrogens is 880 g/mol. The third kappa shape index (κ3) is 6.14. The van der Waals surface area contributed by atoms with Crippen LogP contribution in [0, 0.1) is 0 Å². The first-order valence-corrected chi connectivity index (χ1v) is 25.0. The lowest BCUT2D eigenvalue weighted by Crippen LogP contribution is -2.57. The summed E-state index contributed by atoms with van der Waals surface area (Å²) in [5.41, 5.74) is 10.1. The summed E-state index contributed by atoms with van der Waals surface area (Å²) in [5, 5.41) is 9.74. The fraction of sp³-hybridized carbons (Fsp3) is 0. The number of hydrogen-bond acceptors (Lipinski definition) is 6. The Labute approximate surface area is 406 Å². The van der Waals surface area contributed by atoms with Gasteiger partial charge in [-0.2, -0.15) is 0 Å². The average molecular weight is 917 g/mol. The van der Waals surface area contributed by atoms with Gasteiger partial charge in [0, 0.05) is 79.9 Å². The summed E-state index contributed by atoms with van der Waals surface area (Å²) >= 11 is 3.69. The van der Waals surface area contributed by atoms with E-state index in [0.717, 1.165) is 73.5 Å². The van der Waals surface area contributed by atoms with Crippen LogP contribution >= 0.6 is 22.7 Å². The van der Waals surface area contributed by atoms with Gasteiger partial charge < -0.3 is 19.3 Å². The van der Waals surface area contributed by atoms with Crippen LogP contribution in [-0.4, -0.2) is 6.71 Å². The molecule has 0 saturated carbocycles. The van der Waals surface area contributed by atoms with Gasteiger partial charge >= 0.3 is 0 Å². The molecule has 0 N–H and O–H groups in total. The van der Waals surface area contributed by atoms with Crippen molar-refractivity contribution < 1.29 is 9.47 Å². The van der Waals surface area contributed by atoms with Crippen molar-refractivity contribution in [3.05, 3.63) is 224 Å². The van der Waals surface area contributed by atoms with Crippen LogP contribution < -0.4 is 35.7 Å². The van der Waals surface area contributed by atoms with Crippen molar-refractivity contribution in [2.24, 2.45) is 0 Å². The van der Waals surface area contributed by atoms with Crippen LogP contribution in [0.5, 0.6) is 23.0 Å². The monoisotopic (exact) mass is 916 g/mol. The molecule has 0 radical (unpaired) electrons. The molecule has 69 heavy (non-hydrogen) atoms. The maximum Gasteiger partial charge on any atom is 0.260 e. The Bertz CT molecular complexity index is 3970. The normalized spacial score (nSPS) is 12.6. The number of rotatable bonds is 6. The standard InChI is InChI=1S/C62H37BN2O2S2/c1-3-16-42(17-4-1)64(44-24-22-38-12-7-9-14-40(38)30-44)46-26-28-48-50-34-56-52(36-60(50)68-58(48)32-46)63-53-37-61-51(35-57(53)67-55-21-11-20-54(66-56)62(55)63)49-29-27-47(33-59(49)69-61)65(43-18-5-2-6-19-43)45-25-23-39-13-8-10-15-41(39)31-45/h1-37H. The van der Waals surface area contributed by atoms with Crippen LogP contribution in [0.15, 0.2) is 224 Å². The average Bonchev–Trinajstić information content (AvgIpc) is 3.94. The number of fused-ring (bicyclic) bond motifs is 12. The second-order valence-corrected chi connectivity index (χ2v) is 20.2. The molecule has 0 amide bonds. The highest BCUT2D eigenvalue weighted by Gasteiger charge is 2.41. The Balaban J connectivity index is 0.850. The predicted molar refractivity (Wildman–Crippen MR) is 294 cm³/mol. The summed E-state index contributed by atoms with van der Waals surface area (Å²) in [6.45, 7) is -0.0537. The van der Waals surface area contributed by atoms with Crippen molar-refractivity contribution in [2.75, 3.05) is 9.80 Å². The summed E-state index contributed by atoms with van der Waals surface area (Å²) in [4.78, 5) is 4.72. The van der Waals surface area contributed by atoms with E-state index in [-0.39, 0.29) is 6.71 Å². The molecule has 0 unspecified atom stereocenters. The highest BCUT2D eigenvalue weighted by Crippen LogP contribution is 2.46. The summed E-state index contributed by atoms with van der Waals surface area (Å²) in [5.74, 6) is 3.49. The number of thiophene rings is 2. The summed E-state index contributed by atoms with van der Waals surface area (Å²) in [7, 11) is 0. The topological polar surface area (TPSA) is 24.9 Å². The zero-order valence-corrected chi connectivity index (χ0v) is 38.6. The molecule has 322 valence electrons. The van der Waals surface area contributed by atoms with Gasteiger partial charge in [0.2, 0.25) is 0 Å². The fourth-order valence-corrected chi connectivity index (χ4v) is 13.2. The highest BCUT2D eigenvalue weighted by atomic mass is 32.1. The van der Waals surface area contributed by atoms with Crippen LogP contribution in [0.4, 0.5) is 34.1 Å². The number of nitrogens with zero attached hydrogens (tertiary/aromatic N) is 2. The Kier molecular flexibility index (Phi) is 8.46. The molecule has 2 aromatic heterocycles. The van der Waals surface area contributed by atoms with Gasteiger partial charge in [0.25, 0.3) is 6.71 Å². The Hall–Kier alpha value is -8.36. The van der Waals surface area contributed by atoms with Gasteiger partial charge in [-0.05, 0) is 142 Å². The first-order chi connectivity index (χ1) is 34.1. The zero-order valence-electron chi connectivity index (χ0n) is 37.0. The minimum absolute atomic E-state index is 0.0537. The van der Waals surface area contributed by atoms with Gasteiger partial charge in [0.05, 0.1) is 0 Å².